The molecule has 0 bridgehead atoms. The first-order valence-corrected chi connectivity index (χ1v) is 7.63. The molecule has 0 heterocycles. The van der Waals surface area contributed by atoms with Gasteiger partial charge < -0.3 is 14.8 Å². The Balaban J connectivity index is 2.20. The van der Waals surface area contributed by atoms with Crippen LogP contribution in [0.25, 0.3) is 0 Å². The van der Waals surface area contributed by atoms with Gasteiger partial charge in [0, 0.05) is 16.7 Å². The molecule has 3 nitrogen and oxygen atoms in total. The minimum Gasteiger partial charge on any atom is -0.493 e. The van der Waals surface area contributed by atoms with Gasteiger partial charge in [0.1, 0.15) is 0 Å². The van der Waals surface area contributed by atoms with Crippen molar-refractivity contribution in [2.45, 2.75) is 13.5 Å². The van der Waals surface area contributed by atoms with Gasteiger partial charge in [0.2, 0.25) is 0 Å². The maximum atomic E-state index is 6.21. The van der Waals surface area contributed by atoms with Crippen LogP contribution >= 0.6 is 27.5 Å². The number of benzene rings is 2. The average molecular weight is 371 g/mol. The Morgan fingerprint density at radius 3 is 2.62 bits per heavy atom. The van der Waals surface area contributed by atoms with Gasteiger partial charge in [-0.25, -0.2) is 0 Å². The van der Waals surface area contributed by atoms with Crippen molar-refractivity contribution in [2.24, 2.45) is 0 Å². The lowest BCUT2D eigenvalue weighted by Gasteiger charge is -2.14. The molecule has 0 fully saturated rings. The summed E-state index contributed by atoms with van der Waals surface area (Å²) in [5.41, 5.74) is 3.27. The molecule has 112 valence electrons. The highest BCUT2D eigenvalue weighted by atomic mass is 79.9. The van der Waals surface area contributed by atoms with E-state index in [0.717, 1.165) is 15.7 Å². The Kier molecular flexibility index (Phi) is 5.37. The van der Waals surface area contributed by atoms with Crippen molar-refractivity contribution in [3.63, 3.8) is 0 Å². The number of hydrogen-bond acceptors (Lipinski definition) is 3. The number of halogens is 2. The first kappa shape index (κ1) is 16.0. The van der Waals surface area contributed by atoms with E-state index in [2.05, 4.69) is 28.2 Å². The number of ether oxygens (including phenoxy) is 2. The van der Waals surface area contributed by atoms with Crippen LogP contribution in [-0.4, -0.2) is 14.2 Å². The molecule has 0 aliphatic heterocycles. The molecule has 5 heteroatoms. The Bertz CT molecular complexity index is 646. The summed E-state index contributed by atoms with van der Waals surface area (Å²) < 4.78 is 11.6. The molecule has 2 aromatic rings. The van der Waals surface area contributed by atoms with Crippen molar-refractivity contribution in [3.05, 3.63) is 51.0 Å². The fourth-order valence-corrected chi connectivity index (χ4v) is 2.75. The Hall–Kier alpha value is -1.39. The summed E-state index contributed by atoms with van der Waals surface area (Å²) >= 11 is 9.74. The quantitative estimate of drug-likeness (QED) is 0.800. The highest BCUT2D eigenvalue weighted by Gasteiger charge is 2.11. The average Bonchev–Trinajstić information content (AvgIpc) is 2.48. The second-order valence-electron chi connectivity index (χ2n) is 4.58. The standard InChI is InChI=1S/C16H17BrClNO2/c1-10-12(17)5-4-6-14(10)19-9-11-7-13(18)16(21-3)15(8-11)20-2/h4-8,19H,9H2,1-3H3. The van der Waals surface area contributed by atoms with Crippen molar-refractivity contribution in [1.29, 1.82) is 0 Å². The van der Waals surface area contributed by atoms with Crippen LogP contribution < -0.4 is 14.8 Å². The molecule has 0 aliphatic carbocycles. The lowest BCUT2D eigenvalue weighted by molar-refractivity contribution is 0.355. The SMILES string of the molecule is COc1cc(CNc2cccc(Br)c2C)cc(Cl)c1OC. The predicted octanol–water partition coefficient (Wildman–Crippen LogP) is 5.04. The summed E-state index contributed by atoms with van der Waals surface area (Å²) in [7, 11) is 3.18. The maximum absolute atomic E-state index is 6.21. The molecular formula is C16H17BrClNO2. The Morgan fingerprint density at radius 2 is 1.95 bits per heavy atom. The van der Waals surface area contributed by atoms with E-state index in [4.69, 9.17) is 21.1 Å². The zero-order chi connectivity index (χ0) is 15.4. The van der Waals surface area contributed by atoms with E-state index >= 15 is 0 Å². The van der Waals surface area contributed by atoms with Gasteiger partial charge in [-0.05, 0) is 42.3 Å². The third-order valence-electron chi connectivity index (χ3n) is 3.24. The van der Waals surface area contributed by atoms with Gasteiger partial charge in [0.05, 0.1) is 19.2 Å². The summed E-state index contributed by atoms with van der Waals surface area (Å²) in [6.07, 6.45) is 0. The van der Waals surface area contributed by atoms with E-state index in [1.807, 2.05) is 30.3 Å². The first-order valence-electron chi connectivity index (χ1n) is 6.46. The zero-order valence-electron chi connectivity index (χ0n) is 12.2. The summed E-state index contributed by atoms with van der Waals surface area (Å²) in [6, 6.07) is 9.87. The fraction of sp³-hybridized carbons (Fsp3) is 0.250. The van der Waals surface area contributed by atoms with Crippen molar-refractivity contribution < 1.29 is 9.47 Å². The van der Waals surface area contributed by atoms with Crippen LogP contribution in [0.1, 0.15) is 11.1 Å². The van der Waals surface area contributed by atoms with Crippen molar-refractivity contribution in [1.82, 2.24) is 0 Å². The largest absolute Gasteiger partial charge is 0.493 e. The summed E-state index contributed by atoms with van der Waals surface area (Å²) in [5.74, 6) is 1.19. The minimum absolute atomic E-state index is 0.541. The molecule has 0 unspecified atom stereocenters. The van der Waals surface area contributed by atoms with Crippen LogP contribution in [0.15, 0.2) is 34.8 Å². The molecule has 2 rings (SSSR count). The highest BCUT2D eigenvalue weighted by Crippen LogP contribution is 2.36. The molecule has 0 saturated carbocycles. The fourth-order valence-electron chi connectivity index (χ4n) is 2.07. The molecule has 0 aromatic heterocycles. The Morgan fingerprint density at radius 1 is 1.19 bits per heavy atom. The molecule has 21 heavy (non-hydrogen) atoms. The van der Waals surface area contributed by atoms with Gasteiger partial charge in [-0.3, -0.25) is 0 Å². The van der Waals surface area contributed by atoms with Crippen molar-refractivity contribution >= 4 is 33.2 Å². The van der Waals surface area contributed by atoms with Gasteiger partial charge in [0.25, 0.3) is 0 Å². The van der Waals surface area contributed by atoms with Crippen LogP contribution in [0.5, 0.6) is 11.5 Å². The van der Waals surface area contributed by atoms with Crippen LogP contribution in [0.4, 0.5) is 5.69 Å². The number of rotatable bonds is 5. The van der Waals surface area contributed by atoms with E-state index < -0.39 is 0 Å². The molecule has 0 saturated heterocycles. The van der Waals surface area contributed by atoms with Crippen LogP contribution in [0.2, 0.25) is 5.02 Å². The summed E-state index contributed by atoms with van der Waals surface area (Å²) in [4.78, 5) is 0. The molecule has 0 spiro atoms. The van der Waals surface area contributed by atoms with Crippen LogP contribution in [-0.2, 0) is 6.54 Å². The molecule has 0 aliphatic rings. The topological polar surface area (TPSA) is 30.5 Å². The molecule has 0 atom stereocenters. The Labute approximate surface area is 138 Å². The molecule has 2 aromatic carbocycles. The number of methoxy groups -OCH3 is 2. The molecular weight excluding hydrogens is 354 g/mol. The molecule has 0 radical (unpaired) electrons. The summed E-state index contributed by atoms with van der Waals surface area (Å²) in [5, 5.41) is 3.94. The second-order valence-corrected chi connectivity index (χ2v) is 5.84. The monoisotopic (exact) mass is 369 g/mol. The van der Waals surface area contributed by atoms with Crippen LogP contribution in [0.3, 0.4) is 0 Å². The van der Waals surface area contributed by atoms with Gasteiger partial charge in [-0.2, -0.15) is 0 Å². The van der Waals surface area contributed by atoms with E-state index in [0.29, 0.717) is 23.1 Å². The lowest BCUT2D eigenvalue weighted by atomic mass is 10.1. The minimum atomic E-state index is 0.541. The van der Waals surface area contributed by atoms with Gasteiger partial charge in [-0.1, -0.05) is 33.6 Å². The van der Waals surface area contributed by atoms with Crippen molar-refractivity contribution in [3.8, 4) is 11.5 Å². The number of nitrogens with one attached hydrogen (secondary N) is 1. The second kappa shape index (κ2) is 7.05. The van der Waals surface area contributed by atoms with Crippen molar-refractivity contribution in [2.75, 3.05) is 19.5 Å². The highest BCUT2D eigenvalue weighted by molar-refractivity contribution is 9.10. The number of anilines is 1. The van der Waals surface area contributed by atoms with Crippen LogP contribution in [0, 0.1) is 6.92 Å². The maximum Gasteiger partial charge on any atom is 0.179 e. The van der Waals surface area contributed by atoms with Gasteiger partial charge in [-0.15, -0.1) is 0 Å². The smallest absolute Gasteiger partial charge is 0.179 e. The van der Waals surface area contributed by atoms with Gasteiger partial charge in [0.15, 0.2) is 11.5 Å². The van der Waals surface area contributed by atoms with E-state index in [1.165, 1.54) is 5.56 Å². The zero-order valence-corrected chi connectivity index (χ0v) is 14.5. The van der Waals surface area contributed by atoms with Gasteiger partial charge >= 0.3 is 0 Å². The van der Waals surface area contributed by atoms with E-state index in [9.17, 15) is 0 Å². The third-order valence-corrected chi connectivity index (χ3v) is 4.38. The lowest BCUT2D eigenvalue weighted by Crippen LogP contribution is -2.02. The first-order chi connectivity index (χ1) is 10.1. The number of hydrogen-bond donors (Lipinski definition) is 1. The molecule has 0 amide bonds. The molecule has 1 N–H and O–H groups in total. The third kappa shape index (κ3) is 3.63. The van der Waals surface area contributed by atoms with E-state index in [-0.39, 0.29) is 0 Å². The normalized spacial score (nSPS) is 10.3. The van der Waals surface area contributed by atoms with E-state index in [1.54, 1.807) is 14.2 Å². The predicted molar refractivity (Wildman–Crippen MR) is 90.8 cm³/mol. The summed E-state index contributed by atoms with van der Waals surface area (Å²) in [6.45, 7) is 2.71.